The number of hydrogen-bond acceptors (Lipinski definition) is 4. The summed E-state index contributed by atoms with van der Waals surface area (Å²) in [6.07, 6.45) is 2.83. The Labute approximate surface area is 110 Å². The van der Waals surface area contributed by atoms with Gasteiger partial charge >= 0.3 is 5.97 Å². The van der Waals surface area contributed by atoms with Crippen molar-refractivity contribution in [1.29, 1.82) is 0 Å². The lowest BCUT2D eigenvalue weighted by Crippen LogP contribution is -2.04. The highest BCUT2D eigenvalue weighted by Gasteiger charge is 2.18. The van der Waals surface area contributed by atoms with E-state index in [4.69, 9.17) is 5.11 Å². The zero-order valence-corrected chi connectivity index (χ0v) is 10.9. The quantitative estimate of drug-likeness (QED) is 0.926. The lowest BCUT2D eigenvalue weighted by Gasteiger charge is -2.05. The molecule has 0 saturated heterocycles. The van der Waals surface area contributed by atoms with Crippen LogP contribution in [0, 0.1) is 6.92 Å². The van der Waals surface area contributed by atoms with Crippen molar-refractivity contribution in [2.45, 2.75) is 16.7 Å². The fourth-order valence-corrected chi connectivity index (χ4v) is 2.89. The van der Waals surface area contributed by atoms with Crippen LogP contribution in [-0.2, 0) is 9.84 Å². The summed E-state index contributed by atoms with van der Waals surface area (Å²) < 4.78 is 24.6. The van der Waals surface area contributed by atoms with E-state index in [0.29, 0.717) is 0 Å². The number of sulfone groups is 1. The third-order valence-corrected chi connectivity index (χ3v) is 4.31. The SMILES string of the molecule is Cc1cncc(S(=O)(=O)c2ccc(C(=O)O)cc2)c1. The van der Waals surface area contributed by atoms with E-state index in [1.807, 2.05) is 0 Å². The highest BCUT2D eigenvalue weighted by atomic mass is 32.2. The van der Waals surface area contributed by atoms with E-state index in [0.717, 1.165) is 5.56 Å². The van der Waals surface area contributed by atoms with Crippen LogP contribution in [0.4, 0.5) is 0 Å². The number of benzene rings is 1. The zero-order chi connectivity index (χ0) is 14.0. The molecule has 0 unspecified atom stereocenters. The number of aromatic carboxylic acids is 1. The first-order chi connectivity index (χ1) is 8.91. The van der Waals surface area contributed by atoms with Gasteiger partial charge in [-0.25, -0.2) is 13.2 Å². The van der Waals surface area contributed by atoms with Gasteiger partial charge in [0.15, 0.2) is 0 Å². The van der Waals surface area contributed by atoms with Crippen molar-refractivity contribution in [3.63, 3.8) is 0 Å². The van der Waals surface area contributed by atoms with Gasteiger partial charge < -0.3 is 5.11 Å². The van der Waals surface area contributed by atoms with Crippen LogP contribution >= 0.6 is 0 Å². The maximum atomic E-state index is 12.3. The van der Waals surface area contributed by atoms with Gasteiger partial charge in [-0.05, 0) is 42.8 Å². The number of aryl methyl sites for hydroxylation is 1. The molecule has 0 fully saturated rings. The van der Waals surface area contributed by atoms with Crippen LogP contribution in [0.5, 0.6) is 0 Å². The van der Waals surface area contributed by atoms with E-state index in [-0.39, 0.29) is 15.4 Å². The van der Waals surface area contributed by atoms with Crippen molar-refractivity contribution < 1.29 is 18.3 Å². The van der Waals surface area contributed by atoms with Crippen LogP contribution in [0.2, 0.25) is 0 Å². The van der Waals surface area contributed by atoms with Crippen molar-refractivity contribution in [3.05, 3.63) is 53.9 Å². The summed E-state index contributed by atoms with van der Waals surface area (Å²) in [6.45, 7) is 1.75. The first kappa shape index (κ1) is 13.2. The molecule has 2 rings (SSSR count). The Morgan fingerprint density at radius 2 is 1.74 bits per heavy atom. The van der Waals surface area contributed by atoms with Gasteiger partial charge in [-0.15, -0.1) is 0 Å². The minimum absolute atomic E-state index is 0.0429. The monoisotopic (exact) mass is 277 g/mol. The van der Waals surface area contributed by atoms with Crippen LogP contribution < -0.4 is 0 Å². The molecule has 0 aliphatic rings. The van der Waals surface area contributed by atoms with Gasteiger partial charge in [0.05, 0.1) is 15.4 Å². The number of rotatable bonds is 3. The Balaban J connectivity index is 2.48. The number of pyridine rings is 1. The molecule has 6 heteroatoms. The molecule has 1 aromatic carbocycles. The predicted molar refractivity (Wildman–Crippen MR) is 67.8 cm³/mol. The van der Waals surface area contributed by atoms with Crippen LogP contribution in [0.1, 0.15) is 15.9 Å². The summed E-state index contributed by atoms with van der Waals surface area (Å²) in [7, 11) is -3.66. The second-order valence-electron chi connectivity index (χ2n) is 4.03. The minimum atomic E-state index is -3.66. The van der Waals surface area contributed by atoms with E-state index < -0.39 is 15.8 Å². The second-order valence-corrected chi connectivity index (χ2v) is 5.98. The van der Waals surface area contributed by atoms with Crippen LogP contribution in [-0.4, -0.2) is 24.5 Å². The molecule has 1 aromatic heterocycles. The Morgan fingerprint density at radius 3 is 2.26 bits per heavy atom. The Morgan fingerprint density at radius 1 is 1.11 bits per heavy atom. The van der Waals surface area contributed by atoms with Crippen molar-refractivity contribution in [3.8, 4) is 0 Å². The second kappa shape index (κ2) is 4.81. The molecule has 0 aliphatic heterocycles. The van der Waals surface area contributed by atoms with E-state index in [1.54, 1.807) is 13.1 Å². The summed E-state index contributed by atoms with van der Waals surface area (Å²) >= 11 is 0. The summed E-state index contributed by atoms with van der Waals surface area (Å²) in [4.78, 5) is 14.7. The fourth-order valence-electron chi connectivity index (χ4n) is 1.59. The molecule has 0 amide bonds. The number of carboxylic acid groups (broad SMARTS) is 1. The summed E-state index contributed by atoms with van der Waals surface area (Å²) in [5, 5.41) is 8.77. The highest BCUT2D eigenvalue weighted by Crippen LogP contribution is 2.21. The smallest absolute Gasteiger partial charge is 0.335 e. The molecule has 1 heterocycles. The summed E-state index contributed by atoms with van der Waals surface area (Å²) in [5.74, 6) is -1.10. The number of carboxylic acids is 1. The Bertz CT molecular complexity index is 721. The van der Waals surface area contributed by atoms with Crippen LogP contribution in [0.25, 0.3) is 0 Å². The molecule has 0 saturated carbocycles. The lowest BCUT2D eigenvalue weighted by molar-refractivity contribution is 0.0697. The molecule has 19 heavy (non-hydrogen) atoms. The van der Waals surface area contributed by atoms with E-state index in [1.165, 1.54) is 36.5 Å². The molecule has 0 aliphatic carbocycles. The standard InChI is InChI=1S/C13H11NO4S/c1-9-6-12(8-14-7-9)19(17,18)11-4-2-10(3-5-11)13(15)16/h2-8H,1H3,(H,15,16). The van der Waals surface area contributed by atoms with E-state index in [9.17, 15) is 13.2 Å². The molecule has 0 radical (unpaired) electrons. The third-order valence-electron chi connectivity index (χ3n) is 2.57. The highest BCUT2D eigenvalue weighted by molar-refractivity contribution is 7.91. The lowest BCUT2D eigenvalue weighted by atomic mass is 10.2. The van der Waals surface area contributed by atoms with Crippen molar-refractivity contribution in [2.24, 2.45) is 0 Å². The Hall–Kier alpha value is -2.21. The van der Waals surface area contributed by atoms with E-state index >= 15 is 0 Å². The average Bonchev–Trinajstić information content (AvgIpc) is 2.39. The van der Waals surface area contributed by atoms with Gasteiger partial charge in [0, 0.05) is 12.4 Å². The fraction of sp³-hybridized carbons (Fsp3) is 0.0769. The van der Waals surface area contributed by atoms with Gasteiger partial charge in [0.1, 0.15) is 0 Å². The first-order valence-corrected chi connectivity index (χ1v) is 6.89. The number of hydrogen-bond donors (Lipinski definition) is 1. The van der Waals surface area contributed by atoms with Crippen molar-refractivity contribution in [1.82, 2.24) is 4.98 Å². The molecule has 0 bridgehead atoms. The van der Waals surface area contributed by atoms with Gasteiger partial charge in [0.25, 0.3) is 0 Å². The van der Waals surface area contributed by atoms with Crippen LogP contribution in [0.15, 0.2) is 52.5 Å². The Kier molecular flexibility index (Phi) is 3.35. The average molecular weight is 277 g/mol. The van der Waals surface area contributed by atoms with Gasteiger partial charge in [-0.2, -0.15) is 0 Å². The third kappa shape index (κ3) is 2.63. The molecule has 98 valence electrons. The number of nitrogens with zero attached hydrogens (tertiary/aromatic N) is 1. The number of aromatic nitrogens is 1. The first-order valence-electron chi connectivity index (χ1n) is 5.41. The number of carbonyl (C=O) groups is 1. The summed E-state index contributed by atoms with van der Waals surface area (Å²) in [5.41, 5.74) is 0.782. The van der Waals surface area contributed by atoms with Gasteiger partial charge in [-0.3, -0.25) is 4.98 Å². The molecule has 1 N–H and O–H groups in total. The predicted octanol–water partition coefficient (Wildman–Crippen LogP) is 1.92. The maximum Gasteiger partial charge on any atom is 0.335 e. The molecular formula is C13H11NO4S. The van der Waals surface area contributed by atoms with Gasteiger partial charge in [0.2, 0.25) is 9.84 Å². The molecule has 0 spiro atoms. The topological polar surface area (TPSA) is 84.3 Å². The molecular weight excluding hydrogens is 266 g/mol. The zero-order valence-electron chi connectivity index (χ0n) is 10.1. The summed E-state index contributed by atoms with van der Waals surface area (Å²) in [6, 6.07) is 6.60. The van der Waals surface area contributed by atoms with E-state index in [2.05, 4.69) is 4.98 Å². The largest absolute Gasteiger partial charge is 0.478 e. The molecule has 2 aromatic rings. The minimum Gasteiger partial charge on any atom is -0.478 e. The van der Waals surface area contributed by atoms with Crippen molar-refractivity contribution in [2.75, 3.05) is 0 Å². The maximum absolute atomic E-state index is 12.3. The normalized spacial score (nSPS) is 11.2. The van der Waals surface area contributed by atoms with Gasteiger partial charge in [-0.1, -0.05) is 0 Å². The molecule has 5 nitrogen and oxygen atoms in total. The molecule has 0 atom stereocenters. The van der Waals surface area contributed by atoms with Crippen LogP contribution in [0.3, 0.4) is 0 Å². The van der Waals surface area contributed by atoms with Crippen molar-refractivity contribution >= 4 is 15.8 Å².